The number of pyridine rings is 1. The summed E-state index contributed by atoms with van der Waals surface area (Å²) in [6.45, 7) is 3.13. The van der Waals surface area contributed by atoms with Gasteiger partial charge in [0.2, 0.25) is 0 Å². The highest BCUT2D eigenvalue weighted by molar-refractivity contribution is 7.46. The molecule has 0 aliphatic carbocycles. The predicted molar refractivity (Wildman–Crippen MR) is 127 cm³/mol. The maximum Gasteiger partial charge on any atom is 0.470 e. The van der Waals surface area contributed by atoms with Gasteiger partial charge >= 0.3 is 7.82 Å². The number of benzene rings is 1. The van der Waals surface area contributed by atoms with Crippen molar-refractivity contribution < 1.29 is 23.6 Å². The molecule has 0 amide bonds. The first kappa shape index (κ1) is 24.3. The van der Waals surface area contributed by atoms with Crippen molar-refractivity contribution in [3.8, 4) is 28.6 Å². The molecule has 0 saturated heterocycles. The van der Waals surface area contributed by atoms with Gasteiger partial charge in [-0.25, -0.2) is 9.55 Å². The Kier molecular flexibility index (Phi) is 6.56. The van der Waals surface area contributed by atoms with Gasteiger partial charge in [-0.15, -0.1) is 0 Å². The molecule has 0 aliphatic heterocycles. The van der Waals surface area contributed by atoms with Crippen LogP contribution in [0, 0.1) is 11.3 Å². The monoisotopic (exact) mass is 495 g/mol. The molecule has 0 radical (unpaired) electrons. The van der Waals surface area contributed by atoms with Gasteiger partial charge in [-0.1, -0.05) is 6.07 Å². The van der Waals surface area contributed by atoms with Crippen molar-refractivity contribution in [2.45, 2.75) is 25.9 Å². The number of hydrogen-bond donors (Lipinski definition) is 3. The van der Waals surface area contributed by atoms with E-state index in [2.05, 4.69) is 21.0 Å². The third-order valence-corrected chi connectivity index (χ3v) is 5.98. The molecule has 3 heterocycles. The molecular formula is C23H22N5O6P. The van der Waals surface area contributed by atoms with Gasteiger partial charge in [-0.05, 0) is 43.7 Å². The molecule has 4 aromatic rings. The molecule has 0 fully saturated rings. The van der Waals surface area contributed by atoms with E-state index in [1.807, 2.05) is 6.07 Å². The zero-order valence-corrected chi connectivity index (χ0v) is 19.8. The summed E-state index contributed by atoms with van der Waals surface area (Å²) >= 11 is 0. The van der Waals surface area contributed by atoms with Crippen molar-refractivity contribution >= 4 is 18.9 Å². The van der Waals surface area contributed by atoms with E-state index in [1.54, 1.807) is 47.4 Å². The number of aromatic amines is 1. The van der Waals surface area contributed by atoms with Crippen molar-refractivity contribution in [2.75, 3.05) is 6.61 Å². The zero-order valence-electron chi connectivity index (χ0n) is 18.9. The van der Waals surface area contributed by atoms with Crippen LogP contribution < -0.4 is 10.3 Å². The Morgan fingerprint density at radius 2 is 2.09 bits per heavy atom. The lowest BCUT2D eigenvalue weighted by Gasteiger charge is -2.25. The molecule has 0 atom stereocenters. The number of hydrogen-bond acceptors (Lipinski definition) is 7. The molecule has 11 nitrogen and oxygen atoms in total. The molecule has 0 unspecified atom stereocenters. The molecule has 12 heteroatoms. The van der Waals surface area contributed by atoms with Crippen molar-refractivity contribution in [3.05, 3.63) is 71.2 Å². The minimum absolute atomic E-state index is 0.0604. The third-order valence-electron chi connectivity index (χ3n) is 5.25. The number of H-pyrrole nitrogens is 1. The topological polar surface area (TPSA) is 163 Å². The summed E-state index contributed by atoms with van der Waals surface area (Å²) in [6, 6.07) is 10.7. The summed E-state index contributed by atoms with van der Waals surface area (Å²) in [4.78, 5) is 41.8. The smallest absolute Gasteiger partial charge is 0.470 e. The van der Waals surface area contributed by atoms with Crippen LogP contribution in [0.3, 0.4) is 0 Å². The number of nitriles is 1. The maximum absolute atomic E-state index is 12.7. The average Bonchev–Trinajstić information content (AvgIpc) is 3.19. The van der Waals surface area contributed by atoms with Gasteiger partial charge < -0.3 is 19.5 Å². The SMILES string of the molecule is CC(C)(CCOc1ccc(-c2cn(-c3cccnc3)c3nc[nH]c(=O)c23)cc1C#N)OP(=O)(O)O. The van der Waals surface area contributed by atoms with E-state index in [9.17, 15) is 14.6 Å². The van der Waals surface area contributed by atoms with Crippen molar-refractivity contribution in [1.29, 1.82) is 5.26 Å². The van der Waals surface area contributed by atoms with Crippen molar-refractivity contribution in [2.24, 2.45) is 0 Å². The highest BCUT2D eigenvalue weighted by Crippen LogP contribution is 2.42. The molecule has 3 N–H and O–H groups in total. The lowest BCUT2D eigenvalue weighted by molar-refractivity contribution is 0.0462. The van der Waals surface area contributed by atoms with E-state index in [-0.39, 0.29) is 24.2 Å². The maximum atomic E-state index is 12.7. The van der Waals surface area contributed by atoms with Crippen molar-refractivity contribution in [1.82, 2.24) is 19.5 Å². The van der Waals surface area contributed by atoms with Gasteiger partial charge in [-0.3, -0.25) is 18.9 Å². The lowest BCUT2D eigenvalue weighted by Crippen LogP contribution is -2.25. The Bertz CT molecular complexity index is 1520. The highest BCUT2D eigenvalue weighted by Gasteiger charge is 2.29. The summed E-state index contributed by atoms with van der Waals surface area (Å²) < 4.78 is 23.3. The summed E-state index contributed by atoms with van der Waals surface area (Å²) in [5.74, 6) is 0.297. The molecular weight excluding hydrogens is 473 g/mol. The summed E-state index contributed by atoms with van der Waals surface area (Å²) in [6.07, 6.45) is 6.57. The standard InChI is InChI=1S/C23H22N5O6P/c1-23(2,34-35(30,31)32)7-9-33-19-6-5-15(10-16(19)11-24)18-13-28(17-4-3-8-25-12-17)21-20(18)22(29)27-14-26-21/h3-6,8,10,12-14H,7,9H2,1-2H3,(H,26,27,29)(H2,30,31,32). The van der Waals surface area contributed by atoms with Gasteiger partial charge in [0.25, 0.3) is 5.56 Å². The molecule has 3 aromatic heterocycles. The first-order valence-electron chi connectivity index (χ1n) is 10.5. The molecule has 180 valence electrons. The van der Waals surface area contributed by atoms with Gasteiger partial charge in [0, 0.05) is 24.4 Å². The Balaban J connectivity index is 1.66. The van der Waals surface area contributed by atoms with E-state index in [4.69, 9.17) is 19.0 Å². The first-order valence-corrected chi connectivity index (χ1v) is 12.0. The Labute approximate surface area is 199 Å². The van der Waals surface area contributed by atoms with Crippen LogP contribution >= 0.6 is 7.82 Å². The molecule has 0 aliphatic rings. The Hall–Kier alpha value is -3.81. The van der Waals surface area contributed by atoms with Gasteiger partial charge in [0.1, 0.15) is 11.8 Å². The lowest BCUT2D eigenvalue weighted by atomic mass is 10.0. The largest absolute Gasteiger partial charge is 0.492 e. The number of nitrogens with one attached hydrogen (secondary N) is 1. The second kappa shape index (κ2) is 9.44. The normalized spacial score (nSPS) is 12.0. The van der Waals surface area contributed by atoms with Gasteiger partial charge in [0.15, 0.2) is 5.65 Å². The van der Waals surface area contributed by atoms with Crippen LogP contribution in [-0.2, 0) is 9.09 Å². The van der Waals surface area contributed by atoms with E-state index >= 15 is 0 Å². The number of aromatic nitrogens is 4. The van der Waals surface area contributed by atoms with Crippen LogP contribution in [0.15, 0.2) is 60.0 Å². The minimum atomic E-state index is -4.65. The fourth-order valence-corrected chi connectivity index (χ4v) is 4.40. The fraction of sp³-hybridized carbons (Fsp3) is 0.217. The summed E-state index contributed by atoms with van der Waals surface area (Å²) in [5, 5.41) is 10.1. The van der Waals surface area contributed by atoms with Gasteiger partial charge in [0.05, 0.1) is 41.4 Å². The van der Waals surface area contributed by atoms with Crippen LogP contribution in [0.4, 0.5) is 0 Å². The highest BCUT2D eigenvalue weighted by atomic mass is 31.2. The summed E-state index contributed by atoms with van der Waals surface area (Å²) in [5.41, 5.74) is 1.15. The van der Waals surface area contributed by atoms with Crippen LogP contribution in [0.2, 0.25) is 0 Å². The molecule has 0 saturated carbocycles. The number of rotatable bonds is 8. The van der Waals surface area contributed by atoms with Gasteiger partial charge in [-0.2, -0.15) is 5.26 Å². The van der Waals surface area contributed by atoms with E-state index in [0.717, 1.165) is 5.69 Å². The summed E-state index contributed by atoms with van der Waals surface area (Å²) in [7, 11) is -4.65. The van der Waals surface area contributed by atoms with E-state index in [0.29, 0.717) is 27.9 Å². The number of nitrogens with zero attached hydrogens (tertiary/aromatic N) is 4. The number of fused-ring (bicyclic) bond motifs is 1. The van der Waals surface area contributed by atoms with E-state index < -0.39 is 13.4 Å². The fourth-order valence-electron chi connectivity index (χ4n) is 3.67. The average molecular weight is 495 g/mol. The number of phosphoric ester groups is 1. The molecule has 0 bridgehead atoms. The molecule has 0 spiro atoms. The zero-order chi connectivity index (χ0) is 25.2. The van der Waals surface area contributed by atoms with Crippen LogP contribution in [-0.4, -0.2) is 41.5 Å². The first-order chi connectivity index (χ1) is 16.6. The quantitative estimate of drug-likeness (QED) is 0.311. The van der Waals surface area contributed by atoms with Crippen molar-refractivity contribution in [3.63, 3.8) is 0 Å². The predicted octanol–water partition coefficient (Wildman–Crippen LogP) is 3.30. The van der Waals surface area contributed by atoms with Crippen LogP contribution in [0.25, 0.3) is 27.8 Å². The third kappa shape index (κ3) is 5.48. The Morgan fingerprint density at radius 3 is 2.77 bits per heavy atom. The second-order valence-electron chi connectivity index (χ2n) is 8.32. The van der Waals surface area contributed by atoms with Crippen LogP contribution in [0.5, 0.6) is 5.75 Å². The number of ether oxygens (including phenoxy) is 1. The number of phosphoric acid groups is 1. The van der Waals surface area contributed by atoms with E-state index in [1.165, 1.54) is 20.2 Å². The Morgan fingerprint density at radius 1 is 1.29 bits per heavy atom. The molecule has 35 heavy (non-hydrogen) atoms. The van der Waals surface area contributed by atoms with Crippen LogP contribution in [0.1, 0.15) is 25.8 Å². The molecule has 1 aromatic carbocycles. The second-order valence-corrected chi connectivity index (χ2v) is 9.48. The molecule has 4 rings (SSSR count). The minimum Gasteiger partial charge on any atom is -0.492 e.